The molecule has 2 heterocycles. The number of hydrogen-bond acceptors (Lipinski definition) is 5. The van der Waals surface area contributed by atoms with Gasteiger partial charge in [-0.25, -0.2) is 9.50 Å². The third-order valence-corrected chi connectivity index (χ3v) is 2.86. The van der Waals surface area contributed by atoms with E-state index in [9.17, 15) is 9.90 Å². The lowest BCUT2D eigenvalue weighted by Crippen LogP contribution is -2.35. The van der Waals surface area contributed by atoms with Crippen molar-refractivity contribution in [1.82, 2.24) is 24.9 Å². The minimum Gasteiger partial charge on any atom is -0.393 e. The van der Waals surface area contributed by atoms with Crippen LogP contribution in [0.2, 0.25) is 0 Å². The average molecular weight is 263 g/mol. The van der Waals surface area contributed by atoms with E-state index in [1.165, 1.54) is 17.0 Å². The maximum atomic E-state index is 12.1. The van der Waals surface area contributed by atoms with Gasteiger partial charge in [0.05, 0.1) is 17.4 Å². The molecule has 7 nitrogen and oxygen atoms in total. The van der Waals surface area contributed by atoms with Gasteiger partial charge in [-0.15, -0.1) is 0 Å². The van der Waals surface area contributed by atoms with Crippen LogP contribution in [0.1, 0.15) is 36.3 Å². The van der Waals surface area contributed by atoms with Crippen LogP contribution in [0.4, 0.5) is 0 Å². The van der Waals surface area contributed by atoms with Crippen molar-refractivity contribution in [1.29, 1.82) is 0 Å². The van der Waals surface area contributed by atoms with E-state index in [0.29, 0.717) is 23.5 Å². The fraction of sp³-hybridized carbons (Fsp3) is 0.500. The smallest absolute Gasteiger partial charge is 0.254 e. The van der Waals surface area contributed by atoms with Gasteiger partial charge < -0.3 is 10.4 Å². The van der Waals surface area contributed by atoms with Crippen molar-refractivity contribution in [3.05, 3.63) is 23.8 Å². The number of aromatic nitrogens is 4. The molecule has 1 amide bonds. The van der Waals surface area contributed by atoms with Gasteiger partial charge >= 0.3 is 0 Å². The average Bonchev–Trinajstić information content (AvgIpc) is 2.76. The third kappa shape index (κ3) is 2.87. The number of fused-ring (bicyclic) bond motifs is 1. The second-order valence-corrected chi connectivity index (χ2v) is 4.69. The maximum Gasteiger partial charge on any atom is 0.254 e. The largest absolute Gasteiger partial charge is 0.393 e. The summed E-state index contributed by atoms with van der Waals surface area (Å²) in [7, 11) is 0. The Balaban J connectivity index is 2.19. The molecular formula is C12H17N5O2. The third-order valence-electron chi connectivity index (χ3n) is 2.86. The highest BCUT2D eigenvalue weighted by atomic mass is 16.3. The summed E-state index contributed by atoms with van der Waals surface area (Å²) in [6.07, 6.45) is 2.94. The minimum atomic E-state index is -0.452. The highest BCUT2D eigenvalue weighted by molar-refractivity contribution is 5.95. The van der Waals surface area contributed by atoms with Gasteiger partial charge in [0.1, 0.15) is 6.33 Å². The van der Waals surface area contributed by atoms with Gasteiger partial charge in [-0.05, 0) is 27.2 Å². The van der Waals surface area contributed by atoms with Gasteiger partial charge in [0.25, 0.3) is 11.7 Å². The lowest BCUT2D eigenvalue weighted by atomic mass is 10.1. The summed E-state index contributed by atoms with van der Waals surface area (Å²) in [4.78, 5) is 20.2. The monoisotopic (exact) mass is 263 g/mol. The predicted octanol–water partition coefficient (Wildman–Crippen LogP) is 0.322. The number of rotatable bonds is 4. The number of aliphatic hydroxyl groups is 1. The van der Waals surface area contributed by atoms with Crippen molar-refractivity contribution in [2.24, 2.45) is 0 Å². The fourth-order valence-corrected chi connectivity index (χ4v) is 1.98. The van der Waals surface area contributed by atoms with E-state index in [0.717, 1.165) is 0 Å². The molecule has 0 saturated heterocycles. The second-order valence-electron chi connectivity index (χ2n) is 4.69. The number of amides is 1. The topological polar surface area (TPSA) is 92.4 Å². The molecule has 0 aliphatic rings. The van der Waals surface area contributed by atoms with Crippen LogP contribution < -0.4 is 5.32 Å². The Morgan fingerprint density at radius 3 is 2.89 bits per heavy atom. The van der Waals surface area contributed by atoms with Crippen LogP contribution in [0.15, 0.2) is 12.5 Å². The Kier molecular flexibility index (Phi) is 3.75. The van der Waals surface area contributed by atoms with Crippen molar-refractivity contribution in [2.45, 2.75) is 39.3 Å². The van der Waals surface area contributed by atoms with Crippen molar-refractivity contribution in [2.75, 3.05) is 0 Å². The van der Waals surface area contributed by atoms with Crippen LogP contribution in [0, 0.1) is 6.92 Å². The van der Waals surface area contributed by atoms with Crippen LogP contribution in [0.25, 0.3) is 5.78 Å². The summed E-state index contributed by atoms with van der Waals surface area (Å²) < 4.78 is 1.52. The molecule has 2 unspecified atom stereocenters. The number of hydrogen-bond donors (Lipinski definition) is 2. The van der Waals surface area contributed by atoms with Crippen LogP contribution in [-0.2, 0) is 0 Å². The number of aryl methyl sites for hydroxylation is 1. The second kappa shape index (κ2) is 5.31. The van der Waals surface area contributed by atoms with E-state index < -0.39 is 6.10 Å². The first-order chi connectivity index (χ1) is 8.99. The Labute approximate surface area is 110 Å². The van der Waals surface area contributed by atoms with Gasteiger partial charge in [-0.1, -0.05) is 0 Å². The first kappa shape index (κ1) is 13.4. The normalized spacial score (nSPS) is 14.3. The van der Waals surface area contributed by atoms with E-state index in [1.54, 1.807) is 13.8 Å². The summed E-state index contributed by atoms with van der Waals surface area (Å²) in [5.41, 5.74) is 1.14. The van der Waals surface area contributed by atoms with Crippen molar-refractivity contribution in [3.63, 3.8) is 0 Å². The summed E-state index contributed by atoms with van der Waals surface area (Å²) in [5.74, 6) is 0.238. The van der Waals surface area contributed by atoms with Gasteiger partial charge in [-0.3, -0.25) is 4.79 Å². The summed E-state index contributed by atoms with van der Waals surface area (Å²) >= 11 is 0. The molecule has 0 aromatic carbocycles. The Bertz CT molecular complexity index is 593. The summed E-state index contributed by atoms with van der Waals surface area (Å²) in [5, 5.41) is 16.1. The molecule has 0 bridgehead atoms. The van der Waals surface area contributed by atoms with Crippen molar-refractivity contribution >= 4 is 11.7 Å². The van der Waals surface area contributed by atoms with Crippen LogP contribution in [-0.4, -0.2) is 42.7 Å². The molecule has 0 spiro atoms. The molecule has 2 atom stereocenters. The van der Waals surface area contributed by atoms with E-state index in [2.05, 4.69) is 20.4 Å². The first-order valence-corrected chi connectivity index (χ1v) is 6.13. The van der Waals surface area contributed by atoms with Crippen molar-refractivity contribution in [3.8, 4) is 0 Å². The van der Waals surface area contributed by atoms with Crippen LogP contribution >= 0.6 is 0 Å². The Morgan fingerprint density at radius 2 is 2.21 bits per heavy atom. The maximum absolute atomic E-state index is 12.1. The van der Waals surface area contributed by atoms with Crippen molar-refractivity contribution < 1.29 is 9.90 Å². The summed E-state index contributed by atoms with van der Waals surface area (Å²) in [6, 6.07) is -0.113. The first-order valence-electron chi connectivity index (χ1n) is 6.13. The minimum absolute atomic E-state index is 0.113. The van der Waals surface area contributed by atoms with Gasteiger partial charge in [0.2, 0.25) is 0 Å². The molecule has 0 fully saturated rings. The Hall–Kier alpha value is -2.02. The number of aliphatic hydroxyl groups excluding tert-OH is 1. The van der Waals surface area contributed by atoms with E-state index >= 15 is 0 Å². The van der Waals surface area contributed by atoms with Gasteiger partial charge in [0, 0.05) is 12.2 Å². The molecular weight excluding hydrogens is 246 g/mol. The van der Waals surface area contributed by atoms with E-state index in [-0.39, 0.29) is 11.9 Å². The summed E-state index contributed by atoms with van der Waals surface area (Å²) in [6.45, 7) is 5.33. The SMILES string of the molecule is Cc1c(C(=O)NC(C)CC(C)O)cnc2ncnn12. The zero-order chi connectivity index (χ0) is 14.0. The molecule has 19 heavy (non-hydrogen) atoms. The predicted molar refractivity (Wildman–Crippen MR) is 68.7 cm³/mol. The molecule has 0 aliphatic heterocycles. The van der Waals surface area contributed by atoms with Gasteiger partial charge in [0.15, 0.2) is 0 Å². The lowest BCUT2D eigenvalue weighted by molar-refractivity contribution is 0.0921. The molecule has 2 N–H and O–H groups in total. The number of carbonyl (C=O) groups excluding carboxylic acids is 1. The molecule has 0 radical (unpaired) electrons. The molecule has 0 saturated carbocycles. The standard InChI is InChI=1S/C12H17N5O2/c1-7(4-8(2)18)16-11(19)10-5-13-12-14-6-15-17(12)9(10)3/h5-8,18H,4H2,1-3H3,(H,16,19). The number of nitrogens with zero attached hydrogens (tertiary/aromatic N) is 4. The molecule has 102 valence electrons. The zero-order valence-corrected chi connectivity index (χ0v) is 11.2. The quantitative estimate of drug-likeness (QED) is 0.829. The number of carbonyl (C=O) groups is 1. The lowest BCUT2D eigenvalue weighted by Gasteiger charge is -2.16. The van der Waals surface area contributed by atoms with E-state index in [4.69, 9.17) is 0 Å². The molecule has 7 heteroatoms. The zero-order valence-electron chi connectivity index (χ0n) is 11.2. The fourth-order valence-electron chi connectivity index (χ4n) is 1.98. The molecule has 2 aromatic rings. The van der Waals surface area contributed by atoms with Gasteiger partial charge in [-0.2, -0.15) is 10.1 Å². The molecule has 0 aliphatic carbocycles. The highest BCUT2D eigenvalue weighted by Crippen LogP contribution is 2.08. The van der Waals surface area contributed by atoms with E-state index in [1.807, 2.05) is 6.92 Å². The number of nitrogens with one attached hydrogen (secondary N) is 1. The van der Waals surface area contributed by atoms with Crippen LogP contribution in [0.5, 0.6) is 0 Å². The highest BCUT2D eigenvalue weighted by Gasteiger charge is 2.16. The molecule has 2 aromatic heterocycles. The van der Waals surface area contributed by atoms with Crippen LogP contribution in [0.3, 0.4) is 0 Å². The Morgan fingerprint density at radius 1 is 1.47 bits per heavy atom. The molecule has 2 rings (SSSR count).